The summed E-state index contributed by atoms with van der Waals surface area (Å²) < 4.78 is 1.60. The first-order chi connectivity index (χ1) is 16.1. The van der Waals surface area contributed by atoms with Gasteiger partial charge >= 0.3 is 5.97 Å². The highest BCUT2D eigenvalue weighted by Gasteiger charge is 2.25. The Morgan fingerprint density at radius 2 is 1.71 bits per heavy atom. The van der Waals surface area contributed by atoms with Gasteiger partial charge < -0.3 is 20.8 Å². The highest BCUT2D eigenvalue weighted by Crippen LogP contribution is 2.24. The Bertz CT molecular complexity index is 1140. The van der Waals surface area contributed by atoms with E-state index in [9.17, 15) is 19.8 Å². The lowest BCUT2D eigenvalue weighted by Gasteiger charge is -2.26. The Balaban J connectivity index is 1.90. The first kappa shape index (κ1) is 25.0. The lowest BCUT2D eigenvalue weighted by atomic mass is 9.89. The maximum atomic E-state index is 13.2. The number of anilines is 1. The molecule has 180 valence electrons. The molecule has 0 saturated carbocycles. The first-order valence-corrected chi connectivity index (χ1v) is 11.2. The highest BCUT2D eigenvalue weighted by molar-refractivity contribution is 5.93. The fraction of sp³-hybridized carbons (Fsp3) is 0.346. The SMILES string of the molecule is Cc1ccccc1[C@H](CC(=O)O)NC(=O)c1cc(NC[C@@H](O)C(C)(C)C)n(-c2ccccc2)n1. The summed E-state index contributed by atoms with van der Waals surface area (Å²) in [6, 6.07) is 17.6. The van der Waals surface area contributed by atoms with Gasteiger partial charge in [-0.25, -0.2) is 4.68 Å². The minimum atomic E-state index is -1.01. The highest BCUT2D eigenvalue weighted by atomic mass is 16.4. The van der Waals surface area contributed by atoms with Gasteiger partial charge in [-0.05, 0) is 35.6 Å². The average Bonchev–Trinajstić information content (AvgIpc) is 3.21. The number of carbonyl (C=O) groups excluding carboxylic acids is 1. The lowest BCUT2D eigenvalue weighted by molar-refractivity contribution is -0.137. The Kier molecular flexibility index (Phi) is 7.73. The smallest absolute Gasteiger partial charge is 0.305 e. The summed E-state index contributed by atoms with van der Waals surface area (Å²) >= 11 is 0. The van der Waals surface area contributed by atoms with Gasteiger partial charge in [-0.2, -0.15) is 5.10 Å². The van der Waals surface area contributed by atoms with Crippen molar-refractivity contribution in [2.24, 2.45) is 5.41 Å². The Morgan fingerprint density at radius 3 is 2.32 bits per heavy atom. The van der Waals surface area contributed by atoms with Crippen LogP contribution in [0.4, 0.5) is 5.82 Å². The maximum Gasteiger partial charge on any atom is 0.305 e. The molecule has 2 aromatic carbocycles. The van der Waals surface area contributed by atoms with Crippen molar-refractivity contribution >= 4 is 17.7 Å². The van der Waals surface area contributed by atoms with Gasteiger partial charge in [-0.15, -0.1) is 0 Å². The van der Waals surface area contributed by atoms with Crippen LogP contribution in [0.3, 0.4) is 0 Å². The van der Waals surface area contributed by atoms with Crippen molar-refractivity contribution in [1.29, 1.82) is 0 Å². The number of aliphatic hydroxyl groups excluding tert-OH is 1. The number of nitrogens with one attached hydrogen (secondary N) is 2. The molecular weight excluding hydrogens is 432 g/mol. The van der Waals surface area contributed by atoms with E-state index in [1.807, 2.05) is 82.3 Å². The minimum absolute atomic E-state index is 0.139. The lowest BCUT2D eigenvalue weighted by Crippen LogP contribution is -2.33. The number of aliphatic hydroxyl groups is 1. The van der Waals surface area contributed by atoms with Crippen molar-refractivity contribution in [2.45, 2.75) is 46.3 Å². The van der Waals surface area contributed by atoms with Gasteiger partial charge in [0.15, 0.2) is 5.69 Å². The molecule has 1 amide bonds. The zero-order chi connectivity index (χ0) is 24.9. The fourth-order valence-electron chi connectivity index (χ4n) is 3.51. The van der Waals surface area contributed by atoms with Gasteiger partial charge in [0.25, 0.3) is 5.91 Å². The Hall–Kier alpha value is -3.65. The van der Waals surface area contributed by atoms with E-state index in [-0.39, 0.29) is 24.1 Å². The van der Waals surface area contributed by atoms with E-state index in [2.05, 4.69) is 15.7 Å². The van der Waals surface area contributed by atoms with Crippen LogP contribution in [0.15, 0.2) is 60.7 Å². The number of aryl methyl sites for hydroxylation is 1. The van der Waals surface area contributed by atoms with E-state index in [1.165, 1.54) is 0 Å². The molecule has 8 heteroatoms. The van der Waals surface area contributed by atoms with E-state index in [1.54, 1.807) is 10.7 Å². The van der Waals surface area contributed by atoms with E-state index in [0.717, 1.165) is 16.8 Å². The number of amides is 1. The second-order valence-electron chi connectivity index (χ2n) is 9.41. The van der Waals surface area contributed by atoms with Crippen molar-refractivity contribution in [3.05, 3.63) is 77.5 Å². The molecule has 0 saturated heterocycles. The normalized spacial score (nSPS) is 13.2. The van der Waals surface area contributed by atoms with Crippen LogP contribution in [-0.2, 0) is 4.79 Å². The monoisotopic (exact) mass is 464 g/mol. The molecule has 2 atom stereocenters. The summed E-state index contributed by atoms with van der Waals surface area (Å²) in [6.45, 7) is 7.99. The summed E-state index contributed by atoms with van der Waals surface area (Å²) in [5.74, 6) is -0.948. The van der Waals surface area contributed by atoms with Crippen molar-refractivity contribution in [2.75, 3.05) is 11.9 Å². The molecule has 1 heterocycles. The second-order valence-corrected chi connectivity index (χ2v) is 9.41. The third-order valence-corrected chi connectivity index (χ3v) is 5.67. The predicted octanol–water partition coefficient (Wildman–Crippen LogP) is 3.95. The van der Waals surface area contributed by atoms with Crippen LogP contribution >= 0.6 is 0 Å². The van der Waals surface area contributed by atoms with Crippen molar-refractivity contribution in [1.82, 2.24) is 15.1 Å². The molecule has 0 bridgehead atoms. The average molecular weight is 465 g/mol. The molecule has 8 nitrogen and oxygen atoms in total. The number of rotatable bonds is 9. The van der Waals surface area contributed by atoms with Gasteiger partial charge in [0.2, 0.25) is 0 Å². The van der Waals surface area contributed by atoms with Crippen LogP contribution in [-0.4, -0.2) is 44.5 Å². The molecule has 0 aliphatic rings. The zero-order valence-corrected chi connectivity index (χ0v) is 19.9. The first-order valence-electron chi connectivity index (χ1n) is 11.2. The van der Waals surface area contributed by atoms with Crippen LogP contribution in [0.25, 0.3) is 5.69 Å². The van der Waals surface area contributed by atoms with E-state index in [0.29, 0.717) is 5.82 Å². The molecule has 0 radical (unpaired) electrons. The third kappa shape index (κ3) is 6.23. The summed E-state index contributed by atoms with van der Waals surface area (Å²) in [4.78, 5) is 24.6. The van der Waals surface area contributed by atoms with Gasteiger partial charge in [0, 0.05) is 12.6 Å². The number of carbonyl (C=O) groups is 2. The number of aromatic nitrogens is 2. The van der Waals surface area contributed by atoms with Crippen LogP contribution in [0.2, 0.25) is 0 Å². The number of nitrogens with zero attached hydrogens (tertiary/aromatic N) is 2. The molecule has 4 N–H and O–H groups in total. The van der Waals surface area contributed by atoms with Crippen LogP contribution in [0.1, 0.15) is 54.8 Å². The Labute approximate surface area is 199 Å². The standard InChI is InChI=1S/C26H32N4O4/c1-17-10-8-9-13-19(17)20(15-24(32)33)28-25(34)21-14-23(27-16-22(31)26(2,3)4)30(29-21)18-11-6-5-7-12-18/h5-14,20,22,27,31H,15-16H2,1-4H3,(H,28,34)(H,32,33)/t20-,22+/m0/s1. The Morgan fingerprint density at radius 1 is 1.06 bits per heavy atom. The van der Waals surface area contributed by atoms with E-state index < -0.39 is 24.0 Å². The summed E-state index contributed by atoms with van der Waals surface area (Å²) in [7, 11) is 0. The van der Waals surface area contributed by atoms with E-state index in [4.69, 9.17) is 0 Å². The molecule has 0 spiro atoms. The molecule has 0 aliphatic carbocycles. The zero-order valence-electron chi connectivity index (χ0n) is 19.9. The minimum Gasteiger partial charge on any atom is -0.481 e. The third-order valence-electron chi connectivity index (χ3n) is 5.67. The molecule has 0 aliphatic heterocycles. The molecule has 3 rings (SSSR count). The van der Waals surface area contributed by atoms with Crippen molar-refractivity contribution < 1.29 is 19.8 Å². The predicted molar refractivity (Wildman–Crippen MR) is 131 cm³/mol. The molecule has 1 aromatic heterocycles. The van der Waals surface area contributed by atoms with E-state index >= 15 is 0 Å². The number of para-hydroxylation sites is 1. The van der Waals surface area contributed by atoms with Gasteiger partial charge in [-0.1, -0.05) is 63.2 Å². The molecule has 3 aromatic rings. The topological polar surface area (TPSA) is 116 Å². The number of benzene rings is 2. The van der Waals surface area contributed by atoms with Crippen molar-refractivity contribution in [3.63, 3.8) is 0 Å². The van der Waals surface area contributed by atoms with Gasteiger partial charge in [-0.3, -0.25) is 9.59 Å². The molecule has 34 heavy (non-hydrogen) atoms. The van der Waals surface area contributed by atoms with Crippen LogP contribution in [0, 0.1) is 12.3 Å². The quantitative estimate of drug-likeness (QED) is 0.381. The summed E-state index contributed by atoms with van der Waals surface area (Å²) in [5.41, 5.74) is 2.20. The number of hydrogen-bond acceptors (Lipinski definition) is 5. The molecule has 0 fully saturated rings. The fourth-order valence-corrected chi connectivity index (χ4v) is 3.51. The second kappa shape index (κ2) is 10.5. The van der Waals surface area contributed by atoms with Crippen molar-refractivity contribution in [3.8, 4) is 5.69 Å². The van der Waals surface area contributed by atoms with Crippen LogP contribution in [0.5, 0.6) is 0 Å². The van der Waals surface area contributed by atoms with Gasteiger partial charge in [0.1, 0.15) is 5.82 Å². The maximum absolute atomic E-state index is 13.2. The molecular formula is C26H32N4O4. The number of hydrogen-bond donors (Lipinski definition) is 4. The number of carboxylic acids is 1. The number of carboxylic acid groups (broad SMARTS) is 1. The molecule has 0 unspecified atom stereocenters. The summed E-state index contributed by atoms with van der Waals surface area (Å²) in [6.07, 6.45) is -0.872. The number of aliphatic carboxylic acids is 1. The summed E-state index contributed by atoms with van der Waals surface area (Å²) in [5, 5.41) is 30.4. The largest absolute Gasteiger partial charge is 0.481 e. The van der Waals surface area contributed by atoms with Gasteiger partial charge in [0.05, 0.1) is 24.3 Å². The van der Waals surface area contributed by atoms with Crippen LogP contribution < -0.4 is 10.6 Å².